The lowest BCUT2D eigenvalue weighted by Crippen LogP contribution is -2.45. The van der Waals surface area contributed by atoms with Crippen LogP contribution in [0.25, 0.3) is 0 Å². The Morgan fingerprint density at radius 3 is 2.53 bits per heavy atom. The first-order valence-electron chi connectivity index (χ1n) is 10.5. The molecule has 1 aliphatic rings. The number of hydrogen-bond donors (Lipinski definition) is 0. The third kappa shape index (κ3) is 6.83. The molecule has 1 aromatic heterocycles. The molecular formula is C23H36N3O3S+. The first kappa shape index (κ1) is 24.4. The Bertz CT molecular complexity index is 792. The molecule has 2 heterocycles. The van der Waals surface area contributed by atoms with E-state index in [0.29, 0.717) is 18.9 Å². The molecule has 0 spiro atoms. The van der Waals surface area contributed by atoms with Gasteiger partial charge >= 0.3 is 6.09 Å². The summed E-state index contributed by atoms with van der Waals surface area (Å²) < 4.78 is 22.0. The predicted octanol–water partition coefficient (Wildman–Crippen LogP) is 4.96. The van der Waals surface area contributed by atoms with Gasteiger partial charge < -0.3 is 9.64 Å². The number of ether oxygens (including phenoxy) is 1. The van der Waals surface area contributed by atoms with Crippen LogP contribution in [0.4, 0.5) is 4.79 Å². The average molecular weight is 435 g/mol. The Kier molecular flexibility index (Phi) is 7.38. The number of hydrogen-bond acceptors (Lipinski definition) is 4. The molecule has 1 aliphatic heterocycles. The van der Waals surface area contributed by atoms with Crippen molar-refractivity contribution in [3.8, 4) is 0 Å². The van der Waals surface area contributed by atoms with Gasteiger partial charge in [-0.25, -0.2) is 9.00 Å². The quantitative estimate of drug-likeness (QED) is 0.468. The van der Waals surface area contributed by atoms with E-state index in [-0.39, 0.29) is 11.6 Å². The number of likely N-dealkylation sites (tertiary alicyclic amines) is 1. The molecule has 0 aromatic carbocycles. The predicted molar refractivity (Wildman–Crippen MR) is 123 cm³/mol. The van der Waals surface area contributed by atoms with Gasteiger partial charge in [0.25, 0.3) is 0 Å². The van der Waals surface area contributed by atoms with Crippen LogP contribution in [-0.2, 0) is 15.7 Å². The monoisotopic (exact) mass is 434 g/mol. The van der Waals surface area contributed by atoms with Crippen LogP contribution in [0.5, 0.6) is 0 Å². The molecule has 0 saturated carbocycles. The highest BCUT2D eigenvalue weighted by atomic mass is 32.2. The number of nitrogens with zero attached hydrogens (tertiary/aromatic N) is 3. The molecule has 30 heavy (non-hydrogen) atoms. The summed E-state index contributed by atoms with van der Waals surface area (Å²) in [4.78, 5) is 18.9. The maximum atomic E-state index is 12.7. The number of amides is 1. The largest absolute Gasteiger partial charge is 0.444 e. The fourth-order valence-corrected chi connectivity index (χ4v) is 4.17. The van der Waals surface area contributed by atoms with E-state index < -0.39 is 21.3 Å². The second kappa shape index (κ2) is 9.08. The van der Waals surface area contributed by atoms with Crippen LogP contribution in [0, 0.1) is 12.8 Å². The van der Waals surface area contributed by atoms with E-state index in [1.807, 2.05) is 43.9 Å². The second-order valence-electron chi connectivity index (χ2n) is 10.3. The lowest BCUT2D eigenvalue weighted by molar-refractivity contribution is 0.0131. The average Bonchev–Trinajstić information content (AvgIpc) is 2.91. The fraction of sp³-hybridized carbons (Fsp3) is 0.652. The molecule has 1 aromatic rings. The molecule has 2 atom stereocenters. The fourth-order valence-electron chi connectivity index (χ4n) is 3.54. The standard InChI is InChI=1S/C23H36N3O3S/c1-21(2,3)29-20(27)26-16-17(15-23(26,7)8)12-13-19(18-11-9-10-14-24-18)25-30(28)22(4,5)6/h9-11,14,17H,4,12-13,15-16H2,1-3,5-8H3/q+1/t17-,30?/m0/s1. The zero-order valence-electron chi connectivity index (χ0n) is 19.4. The lowest BCUT2D eigenvalue weighted by Gasteiger charge is -2.33. The highest BCUT2D eigenvalue weighted by molar-refractivity contribution is 7.85. The van der Waals surface area contributed by atoms with Crippen molar-refractivity contribution in [2.45, 2.75) is 83.6 Å². The van der Waals surface area contributed by atoms with Gasteiger partial charge in [0, 0.05) is 18.3 Å². The third-order valence-electron chi connectivity index (χ3n) is 4.99. The molecule has 1 saturated heterocycles. The first-order chi connectivity index (χ1) is 13.7. The zero-order chi connectivity index (χ0) is 22.7. The summed E-state index contributed by atoms with van der Waals surface area (Å²) in [6, 6.07) is 5.64. The SMILES string of the molecule is [CH2+]C(C)(C)S(=O)N=C(CC[C@@H]1CN(C(=O)OC(C)(C)C)C(C)(C)C1)c1ccccn1. The molecule has 166 valence electrons. The number of carbonyl (C=O) groups excluding carboxylic acids is 1. The zero-order valence-corrected chi connectivity index (χ0v) is 20.2. The first-order valence-corrected chi connectivity index (χ1v) is 11.6. The van der Waals surface area contributed by atoms with Gasteiger partial charge in [-0.15, -0.1) is 0 Å². The van der Waals surface area contributed by atoms with E-state index in [1.54, 1.807) is 20.0 Å². The topological polar surface area (TPSA) is 71.9 Å². The molecule has 7 heteroatoms. The summed E-state index contributed by atoms with van der Waals surface area (Å²) in [5.41, 5.74) is 0.665. The number of carbonyl (C=O) groups is 1. The minimum Gasteiger partial charge on any atom is -0.444 e. The van der Waals surface area contributed by atoms with E-state index in [4.69, 9.17) is 4.74 Å². The molecule has 0 N–H and O–H groups in total. The van der Waals surface area contributed by atoms with E-state index in [1.165, 1.54) is 0 Å². The molecule has 0 radical (unpaired) electrons. The molecule has 0 aliphatic carbocycles. The third-order valence-corrected chi connectivity index (χ3v) is 6.32. The Balaban J connectivity index is 2.13. The molecule has 1 amide bonds. The summed E-state index contributed by atoms with van der Waals surface area (Å²) >= 11 is 0. The Morgan fingerprint density at radius 2 is 2.00 bits per heavy atom. The van der Waals surface area contributed by atoms with Crippen LogP contribution in [0.15, 0.2) is 28.8 Å². The van der Waals surface area contributed by atoms with Gasteiger partial charge in [0.2, 0.25) is 0 Å². The van der Waals surface area contributed by atoms with Gasteiger partial charge in [-0.3, -0.25) is 4.98 Å². The summed E-state index contributed by atoms with van der Waals surface area (Å²) in [6.07, 6.45) is 3.79. The molecular weight excluding hydrogens is 398 g/mol. The lowest BCUT2D eigenvalue weighted by atomic mass is 9.92. The maximum Gasteiger partial charge on any atom is 0.410 e. The Morgan fingerprint density at radius 1 is 1.33 bits per heavy atom. The number of aromatic nitrogens is 1. The minimum absolute atomic E-state index is 0.270. The summed E-state index contributed by atoms with van der Waals surface area (Å²) in [5, 5.41) is 0. The Hall–Kier alpha value is -1.89. The number of pyridine rings is 1. The number of rotatable bonds is 6. The van der Waals surface area contributed by atoms with Gasteiger partial charge in [-0.05, 0) is 85.8 Å². The minimum atomic E-state index is -1.46. The van der Waals surface area contributed by atoms with E-state index in [2.05, 4.69) is 30.2 Å². The molecule has 1 fully saturated rings. The van der Waals surface area contributed by atoms with Crippen molar-refractivity contribution in [2.75, 3.05) is 6.54 Å². The van der Waals surface area contributed by atoms with Crippen LogP contribution in [0.3, 0.4) is 0 Å². The van der Waals surface area contributed by atoms with Crippen molar-refractivity contribution in [1.82, 2.24) is 9.88 Å². The van der Waals surface area contributed by atoms with Gasteiger partial charge in [0.15, 0.2) is 15.7 Å². The van der Waals surface area contributed by atoms with Gasteiger partial charge in [-0.2, -0.15) is 4.40 Å². The van der Waals surface area contributed by atoms with E-state index in [0.717, 1.165) is 24.2 Å². The van der Waals surface area contributed by atoms with Crippen LogP contribution in [0.1, 0.15) is 73.4 Å². The van der Waals surface area contributed by atoms with Crippen LogP contribution < -0.4 is 0 Å². The second-order valence-corrected chi connectivity index (χ2v) is 12.1. The highest BCUT2D eigenvalue weighted by Gasteiger charge is 2.42. The molecule has 0 bridgehead atoms. The van der Waals surface area contributed by atoms with Crippen LogP contribution in [-0.4, -0.2) is 48.3 Å². The van der Waals surface area contributed by atoms with Gasteiger partial charge in [0.1, 0.15) is 5.60 Å². The summed E-state index contributed by atoms with van der Waals surface area (Å²) in [5.74, 6) is 0.308. The van der Waals surface area contributed by atoms with Crippen molar-refractivity contribution in [1.29, 1.82) is 0 Å². The van der Waals surface area contributed by atoms with Gasteiger partial charge in [0.05, 0.1) is 18.3 Å². The molecule has 6 nitrogen and oxygen atoms in total. The van der Waals surface area contributed by atoms with E-state index in [9.17, 15) is 9.00 Å². The van der Waals surface area contributed by atoms with Crippen molar-refractivity contribution < 1.29 is 13.7 Å². The van der Waals surface area contributed by atoms with Gasteiger partial charge in [-0.1, -0.05) is 6.07 Å². The summed E-state index contributed by atoms with van der Waals surface area (Å²) in [6.45, 7) is 18.0. The maximum absolute atomic E-state index is 12.7. The molecule has 1 unspecified atom stereocenters. The highest BCUT2D eigenvalue weighted by Crippen LogP contribution is 2.36. The van der Waals surface area contributed by atoms with E-state index >= 15 is 0 Å². The molecule has 2 rings (SSSR count). The van der Waals surface area contributed by atoms with Crippen molar-refractivity contribution in [3.63, 3.8) is 0 Å². The van der Waals surface area contributed by atoms with Crippen molar-refractivity contribution in [3.05, 3.63) is 37.0 Å². The Labute approximate surface area is 184 Å². The smallest absolute Gasteiger partial charge is 0.410 e. The van der Waals surface area contributed by atoms with Crippen LogP contribution in [0.2, 0.25) is 0 Å². The van der Waals surface area contributed by atoms with Crippen molar-refractivity contribution in [2.24, 2.45) is 10.3 Å². The summed E-state index contributed by atoms with van der Waals surface area (Å²) in [7, 11) is -1.46. The normalized spacial score (nSPS) is 20.8. The van der Waals surface area contributed by atoms with Crippen LogP contribution >= 0.6 is 0 Å². The van der Waals surface area contributed by atoms with Crippen molar-refractivity contribution >= 4 is 22.8 Å².